The van der Waals surface area contributed by atoms with Gasteiger partial charge in [0.25, 0.3) is 0 Å². The van der Waals surface area contributed by atoms with Gasteiger partial charge in [0.05, 0.1) is 18.6 Å². The summed E-state index contributed by atoms with van der Waals surface area (Å²) in [5, 5.41) is 0.414. The quantitative estimate of drug-likeness (QED) is 0.533. The molecule has 0 saturated heterocycles. The number of sulfonamides is 1. The minimum Gasteiger partial charge on any atom is -0.361 e. The topological polar surface area (TPSA) is 69.3 Å². The summed E-state index contributed by atoms with van der Waals surface area (Å²) in [5.74, 6) is 0. The summed E-state index contributed by atoms with van der Waals surface area (Å²) >= 11 is 6.24. The van der Waals surface area contributed by atoms with Crippen LogP contribution in [-0.4, -0.2) is 40.8 Å². The number of hydrogen-bond acceptors (Lipinski definition) is 4. The van der Waals surface area contributed by atoms with E-state index in [0.29, 0.717) is 40.0 Å². The highest BCUT2D eigenvalue weighted by Gasteiger charge is 2.51. The van der Waals surface area contributed by atoms with E-state index in [1.807, 2.05) is 35.2 Å². The van der Waals surface area contributed by atoms with E-state index in [1.165, 1.54) is 6.33 Å². The lowest BCUT2D eigenvalue weighted by Crippen LogP contribution is -2.47. The third kappa shape index (κ3) is 5.18. The van der Waals surface area contributed by atoms with Crippen molar-refractivity contribution in [1.29, 1.82) is 0 Å². The molecule has 0 amide bonds. The first kappa shape index (κ1) is 23.6. The first-order valence-corrected chi connectivity index (χ1v) is 12.1. The average molecular weight is 499 g/mol. The van der Waals surface area contributed by atoms with E-state index in [2.05, 4.69) is 9.97 Å². The van der Waals surface area contributed by atoms with Gasteiger partial charge in [0, 0.05) is 36.0 Å². The van der Waals surface area contributed by atoms with Crippen LogP contribution in [0.2, 0.25) is 5.02 Å². The molecule has 1 aromatic heterocycles. The van der Waals surface area contributed by atoms with Gasteiger partial charge in [-0.3, -0.25) is 0 Å². The summed E-state index contributed by atoms with van der Waals surface area (Å²) in [6.07, 6.45) is 4.16. The van der Waals surface area contributed by atoms with Crippen LogP contribution in [0.4, 0.5) is 18.9 Å². The van der Waals surface area contributed by atoms with E-state index < -0.39 is 28.1 Å². The van der Waals surface area contributed by atoms with E-state index >= 15 is 0 Å². The summed E-state index contributed by atoms with van der Waals surface area (Å²) < 4.78 is 65.9. The Bertz CT molecular complexity index is 1190. The lowest BCUT2D eigenvalue weighted by molar-refractivity contribution is -0.0492. The van der Waals surface area contributed by atoms with Crippen molar-refractivity contribution in [2.45, 2.75) is 37.5 Å². The number of halogens is 4. The average Bonchev–Trinajstić information content (AvgIpc) is 3.23. The zero-order valence-electron chi connectivity index (χ0n) is 17.5. The van der Waals surface area contributed by atoms with Crippen molar-refractivity contribution >= 4 is 27.3 Å². The highest BCUT2D eigenvalue weighted by Crippen LogP contribution is 2.37. The molecule has 0 radical (unpaired) electrons. The number of aromatic nitrogens is 2. The van der Waals surface area contributed by atoms with Gasteiger partial charge in [0.15, 0.2) is 0 Å². The van der Waals surface area contributed by atoms with Gasteiger partial charge in [-0.05, 0) is 36.1 Å². The Hall–Kier alpha value is -2.56. The van der Waals surface area contributed by atoms with E-state index in [0.717, 1.165) is 11.3 Å². The van der Waals surface area contributed by atoms with Crippen molar-refractivity contribution in [3.63, 3.8) is 0 Å². The number of imidazole rings is 1. The van der Waals surface area contributed by atoms with Gasteiger partial charge in [-0.15, -0.1) is 0 Å². The van der Waals surface area contributed by atoms with Gasteiger partial charge in [0.2, 0.25) is 0 Å². The lowest BCUT2D eigenvalue weighted by atomic mass is 10.0. The molecule has 2 aromatic carbocycles. The molecule has 6 nitrogen and oxygen atoms in total. The van der Waals surface area contributed by atoms with Crippen LogP contribution in [-0.2, 0) is 29.5 Å². The molecule has 1 aliphatic rings. The van der Waals surface area contributed by atoms with Crippen molar-refractivity contribution in [2.75, 3.05) is 11.4 Å². The van der Waals surface area contributed by atoms with Crippen LogP contribution in [0.3, 0.4) is 0 Å². The monoisotopic (exact) mass is 498 g/mol. The number of H-pyrrole nitrogens is 1. The standard InChI is InChI=1S/C22H22ClF3N4O2S/c23-18-8-7-17-12-29(33(31,32)22(24,25)26)14-20(9-6-16-4-2-1-3-5-16)30(21(17)10-18)13-19-11-27-15-28-19/h1-5,7-8,10-11,15,20H,6,9,12-14H2,(H,27,28)/t20-/m0/s1. The van der Waals surface area contributed by atoms with Gasteiger partial charge in [-0.2, -0.15) is 17.5 Å². The molecule has 0 bridgehead atoms. The Labute approximate surface area is 195 Å². The summed E-state index contributed by atoms with van der Waals surface area (Å²) in [6, 6.07) is 13.8. The van der Waals surface area contributed by atoms with Crippen LogP contribution in [0.15, 0.2) is 61.1 Å². The van der Waals surface area contributed by atoms with Crippen molar-refractivity contribution in [2.24, 2.45) is 0 Å². The predicted molar refractivity (Wildman–Crippen MR) is 120 cm³/mol. The molecule has 1 atom stereocenters. The van der Waals surface area contributed by atoms with Gasteiger partial charge in [0.1, 0.15) is 0 Å². The van der Waals surface area contributed by atoms with E-state index in [4.69, 9.17) is 11.6 Å². The summed E-state index contributed by atoms with van der Waals surface area (Å²) in [5.41, 5.74) is -2.57. The third-order valence-corrected chi connectivity index (χ3v) is 7.47. The third-order valence-electron chi connectivity index (χ3n) is 5.70. The van der Waals surface area contributed by atoms with Crippen molar-refractivity contribution in [3.05, 3.63) is 82.9 Å². The molecule has 0 unspecified atom stereocenters. The molecular formula is C22H22ClF3N4O2S. The van der Waals surface area contributed by atoms with Gasteiger partial charge < -0.3 is 9.88 Å². The zero-order valence-corrected chi connectivity index (χ0v) is 19.0. The Balaban J connectivity index is 1.76. The molecule has 11 heteroatoms. The zero-order chi connectivity index (χ0) is 23.6. The number of fused-ring (bicyclic) bond motifs is 1. The van der Waals surface area contributed by atoms with Gasteiger partial charge in [-0.1, -0.05) is 48.0 Å². The first-order chi connectivity index (χ1) is 15.6. The van der Waals surface area contributed by atoms with E-state index in [-0.39, 0.29) is 6.54 Å². The Morgan fingerprint density at radius 3 is 2.58 bits per heavy atom. The van der Waals surface area contributed by atoms with Crippen LogP contribution in [0.25, 0.3) is 0 Å². The van der Waals surface area contributed by atoms with Crippen molar-refractivity contribution in [1.82, 2.24) is 14.3 Å². The second-order valence-electron chi connectivity index (χ2n) is 7.90. The normalized spacial score (nSPS) is 17.6. The molecule has 1 aliphatic heterocycles. The fourth-order valence-corrected chi connectivity index (χ4v) is 5.18. The number of anilines is 1. The second kappa shape index (κ2) is 9.36. The first-order valence-electron chi connectivity index (χ1n) is 10.3. The van der Waals surface area contributed by atoms with Crippen LogP contribution >= 0.6 is 11.6 Å². The molecule has 2 heterocycles. The number of aromatic amines is 1. The molecule has 0 fully saturated rings. The SMILES string of the molecule is O=S(=O)(N1Cc2ccc(Cl)cc2N(Cc2cnc[nH]2)[C@@H](CCc2ccccc2)C1)C(F)(F)F. The number of rotatable bonds is 6. The Morgan fingerprint density at radius 1 is 1.15 bits per heavy atom. The molecule has 0 saturated carbocycles. The number of nitrogens with one attached hydrogen (secondary N) is 1. The molecule has 0 aliphatic carbocycles. The molecular weight excluding hydrogens is 477 g/mol. The maximum Gasteiger partial charge on any atom is 0.511 e. The van der Waals surface area contributed by atoms with E-state index in [1.54, 1.807) is 24.4 Å². The second-order valence-corrected chi connectivity index (χ2v) is 10.3. The number of benzene rings is 2. The maximum absolute atomic E-state index is 13.5. The van der Waals surface area contributed by atoms with Crippen LogP contribution < -0.4 is 4.90 Å². The fraction of sp³-hybridized carbons (Fsp3) is 0.318. The van der Waals surface area contributed by atoms with E-state index in [9.17, 15) is 21.6 Å². The molecule has 3 aromatic rings. The molecule has 33 heavy (non-hydrogen) atoms. The van der Waals surface area contributed by atoms with Crippen LogP contribution in [0.1, 0.15) is 23.2 Å². The van der Waals surface area contributed by atoms with Crippen LogP contribution in [0, 0.1) is 0 Å². The van der Waals surface area contributed by atoms with Crippen molar-refractivity contribution in [3.8, 4) is 0 Å². The largest absolute Gasteiger partial charge is 0.511 e. The molecule has 1 N–H and O–H groups in total. The summed E-state index contributed by atoms with van der Waals surface area (Å²) in [7, 11) is -5.52. The lowest BCUT2D eigenvalue weighted by Gasteiger charge is -2.34. The van der Waals surface area contributed by atoms with Crippen molar-refractivity contribution < 1.29 is 21.6 Å². The summed E-state index contributed by atoms with van der Waals surface area (Å²) in [4.78, 5) is 8.96. The Kier molecular flexibility index (Phi) is 6.69. The molecule has 176 valence electrons. The minimum atomic E-state index is -5.52. The Morgan fingerprint density at radius 2 is 1.91 bits per heavy atom. The molecule has 0 spiro atoms. The number of alkyl halides is 3. The minimum absolute atomic E-state index is 0.310. The highest BCUT2D eigenvalue weighted by atomic mass is 35.5. The smallest absolute Gasteiger partial charge is 0.361 e. The number of nitrogens with zero attached hydrogens (tertiary/aromatic N) is 3. The van der Waals surface area contributed by atoms with Gasteiger partial charge in [-0.25, -0.2) is 13.4 Å². The summed E-state index contributed by atoms with van der Waals surface area (Å²) in [6.45, 7) is -0.391. The van der Waals surface area contributed by atoms with Crippen LogP contribution in [0.5, 0.6) is 0 Å². The predicted octanol–water partition coefficient (Wildman–Crippen LogP) is 4.74. The molecule has 4 rings (SSSR count). The number of hydrogen-bond donors (Lipinski definition) is 1. The van der Waals surface area contributed by atoms with Gasteiger partial charge >= 0.3 is 15.5 Å². The number of aryl methyl sites for hydroxylation is 1. The fourth-order valence-electron chi connectivity index (χ4n) is 4.05. The highest BCUT2D eigenvalue weighted by molar-refractivity contribution is 7.89. The maximum atomic E-state index is 13.5.